The number of rotatable bonds is 9. The lowest BCUT2D eigenvalue weighted by Gasteiger charge is -2.28. The van der Waals surface area contributed by atoms with Gasteiger partial charge in [-0.05, 0) is 37.5 Å². The fourth-order valence-corrected chi connectivity index (χ4v) is 3.20. The first-order valence-corrected chi connectivity index (χ1v) is 8.56. The monoisotopic (exact) mass is 297 g/mol. The summed E-state index contributed by atoms with van der Waals surface area (Å²) < 4.78 is 0. The number of carbonyl (C=O) groups excluding carboxylic acids is 1. The van der Waals surface area contributed by atoms with Crippen molar-refractivity contribution in [2.75, 3.05) is 6.54 Å². The topological polar surface area (TPSA) is 66.4 Å². The molecule has 1 unspecified atom stereocenters. The van der Waals surface area contributed by atoms with Crippen LogP contribution in [0.4, 0.5) is 0 Å². The van der Waals surface area contributed by atoms with E-state index in [0.717, 1.165) is 25.2 Å². The number of amides is 1. The van der Waals surface area contributed by atoms with Crippen molar-refractivity contribution in [3.63, 3.8) is 0 Å². The fourth-order valence-electron chi connectivity index (χ4n) is 3.20. The van der Waals surface area contributed by atoms with E-state index in [-0.39, 0.29) is 24.2 Å². The minimum absolute atomic E-state index is 0.0485. The molecule has 0 spiro atoms. The number of carboxylic acids is 1. The average Bonchev–Trinajstić information content (AvgIpc) is 2.49. The summed E-state index contributed by atoms with van der Waals surface area (Å²) in [5.41, 5.74) is 0. The van der Waals surface area contributed by atoms with E-state index < -0.39 is 5.97 Å². The van der Waals surface area contributed by atoms with Gasteiger partial charge in [0.1, 0.15) is 0 Å². The molecular formula is C17H31NO3. The molecule has 0 heterocycles. The number of unbranched alkanes of at least 4 members (excludes halogenated alkanes) is 1. The minimum atomic E-state index is -0.785. The molecule has 21 heavy (non-hydrogen) atoms. The second-order valence-corrected chi connectivity index (χ2v) is 6.48. The molecule has 4 nitrogen and oxygen atoms in total. The Hall–Kier alpha value is -1.06. The van der Waals surface area contributed by atoms with Gasteiger partial charge in [-0.2, -0.15) is 0 Å². The summed E-state index contributed by atoms with van der Waals surface area (Å²) in [5, 5.41) is 11.8. The van der Waals surface area contributed by atoms with Gasteiger partial charge >= 0.3 is 5.97 Å². The van der Waals surface area contributed by atoms with Crippen LogP contribution >= 0.6 is 0 Å². The van der Waals surface area contributed by atoms with Crippen LogP contribution in [-0.4, -0.2) is 23.5 Å². The van der Waals surface area contributed by atoms with Gasteiger partial charge in [-0.1, -0.05) is 39.5 Å². The Morgan fingerprint density at radius 3 is 2.38 bits per heavy atom. The van der Waals surface area contributed by atoms with Gasteiger partial charge in [-0.15, -0.1) is 0 Å². The predicted octanol–water partition coefficient (Wildman–Crippen LogP) is 3.60. The molecule has 0 radical (unpaired) electrons. The quantitative estimate of drug-likeness (QED) is 0.683. The molecule has 0 aromatic carbocycles. The normalized spacial score (nSPS) is 23.5. The predicted molar refractivity (Wildman–Crippen MR) is 84.0 cm³/mol. The van der Waals surface area contributed by atoms with Crippen molar-refractivity contribution < 1.29 is 14.7 Å². The number of hydrogen-bond acceptors (Lipinski definition) is 2. The molecule has 4 heteroatoms. The first kappa shape index (κ1) is 18.0. The standard InChI is InChI=1S/C17H31NO3/c1-3-5-6-14-7-9-15(10-8-14)17(21)18-12-13(4-2)11-16(19)20/h13-15H,3-12H2,1-2H3,(H,18,21)(H,19,20). The second kappa shape index (κ2) is 9.80. The molecule has 0 aliphatic heterocycles. The largest absolute Gasteiger partial charge is 0.481 e. The Kier molecular flexibility index (Phi) is 8.40. The van der Waals surface area contributed by atoms with Gasteiger partial charge in [0.15, 0.2) is 0 Å². The highest BCUT2D eigenvalue weighted by Gasteiger charge is 2.26. The summed E-state index contributed by atoms with van der Waals surface area (Å²) >= 11 is 0. The van der Waals surface area contributed by atoms with E-state index in [1.165, 1.54) is 32.1 Å². The third-order valence-corrected chi connectivity index (χ3v) is 4.79. The van der Waals surface area contributed by atoms with Crippen molar-refractivity contribution in [2.45, 2.75) is 71.6 Å². The summed E-state index contributed by atoms with van der Waals surface area (Å²) in [6, 6.07) is 0. The lowest BCUT2D eigenvalue weighted by molar-refractivity contribution is -0.138. The van der Waals surface area contributed by atoms with Gasteiger partial charge in [0.05, 0.1) is 0 Å². The Bertz CT molecular complexity index is 322. The van der Waals surface area contributed by atoms with Gasteiger partial charge < -0.3 is 10.4 Å². The molecule has 0 aromatic rings. The number of carboxylic acid groups (broad SMARTS) is 1. The first-order chi connectivity index (χ1) is 10.1. The molecule has 1 rings (SSSR count). The zero-order chi connectivity index (χ0) is 15.7. The highest BCUT2D eigenvalue weighted by Crippen LogP contribution is 2.31. The number of carbonyl (C=O) groups is 2. The van der Waals surface area contributed by atoms with Gasteiger partial charge in [-0.25, -0.2) is 0 Å². The van der Waals surface area contributed by atoms with E-state index in [4.69, 9.17) is 5.11 Å². The van der Waals surface area contributed by atoms with E-state index >= 15 is 0 Å². The first-order valence-electron chi connectivity index (χ1n) is 8.56. The third kappa shape index (κ3) is 6.96. The Morgan fingerprint density at radius 2 is 1.86 bits per heavy atom. The zero-order valence-corrected chi connectivity index (χ0v) is 13.6. The lowest BCUT2D eigenvalue weighted by atomic mass is 9.79. The summed E-state index contributed by atoms with van der Waals surface area (Å²) in [6.07, 6.45) is 9.12. The van der Waals surface area contributed by atoms with Crippen molar-refractivity contribution in [2.24, 2.45) is 17.8 Å². The molecule has 2 N–H and O–H groups in total. The second-order valence-electron chi connectivity index (χ2n) is 6.48. The Balaban J connectivity index is 2.25. The van der Waals surface area contributed by atoms with Crippen LogP contribution in [0, 0.1) is 17.8 Å². The lowest BCUT2D eigenvalue weighted by Crippen LogP contribution is -2.36. The van der Waals surface area contributed by atoms with E-state index in [0.29, 0.717) is 6.54 Å². The van der Waals surface area contributed by atoms with E-state index in [1.807, 2.05) is 6.92 Å². The fraction of sp³-hybridized carbons (Fsp3) is 0.882. The Morgan fingerprint density at radius 1 is 1.19 bits per heavy atom. The van der Waals surface area contributed by atoms with E-state index in [1.54, 1.807) is 0 Å². The van der Waals surface area contributed by atoms with Crippen molar-refractivity contribution in [3.8, 4) is 0 Å². The molecule has 1 atom stereocenters. The molecule has 122 valence electrons. The molecule has 1 fully saturated rings. The number of aliphatic carboxylic acids is 1. The summed E-state index contributed by atoms with van der Waals surface area (Å²) in [5.74, 6) is 0.349. The Labute approximate surface area is 128 Å². The maximum atomic E-state index is 12.2. The number of nitrogens with one attached hydrogen (secondary N) is 1. The van der Waals surface area contributed by atoms with E-state index in [9.17, 15) is 9.59 Å². The van der Waals surface area contributed by atoms with Crippen LogP contribution < -0.4 is 5.32 Å². The maximum Gasteiger partial charge on any atom is 0.303 e. The van der Waals surface area contributed by atoms with Gasteiger partial charge in [-0.3, -0.25) is 9.59 Å². The molecule has 0 aromatic heterocycles. The smallest absolute Gasteiger partial charge is 0.303 e. The van der Waals surface area contributed by atoms with Crippen LogP contribution in [0.3, 0.4) is 0 Å². The van der Waals surface area contributed by atoms with Crippen LogP contribution in [0.2, 0.25) is 0 Å². The van der Waals surface area contributed by atoms with Crippen molar-refractivity contribution in [1.82, 2.24) is 5.32 Å². The molecular weight excluding hydrogens is 266 g/mol. The zero-order valence-electron chi connectivity index (χ0n) is 13.6. The maximum absolute atomic E-state index is 12.2. The molecule has 1 aliphatic carbocycles. The highest BCUT2D eigenvalue weighted by molar-refractivity contribution is 5.78. The SMILES string of the molecule is CCCCC1CCC(C(=O)NCC(CC)CC(=O)O)CC1. The van der Waals surface area contributed by atoms with Gasteiger partial charge in [0.2, 0.25) is 5.91 Å². The van der Waals surface area contributed by atoms with Crippen LogP contribution in [-0.2, 0) is 9.59 Å². The summed E-state index contributed by atoms with van der Waals surface area (Å²) in [4.78, 5) is 22.9. The van der Waals surface area contributed by atoms with Gasteiger partial charge in [0, 0.05) is 18.9 Å². The van der Waals surface area contributed by atoms with Crippen molar-refractivity contribution in [3.05, 3.63) is 0 Å². The van der Waals surface area contributed by atoms with Crippen LogP contribution in [0.5, 0.6) is 0 Å². The summed E-state index contributed by atoms with van der Waals surface area (Å²) in [7, 11) is 0. The average molecular weight is 297 g/mol. The van der Waals surface area contributed by atoms with Crippen molar-refractivity contribution in [1.29, 1.82) is 0 Å². The van der Waals surface area contributed by atoms with Crippen molar-refractivity contribution >= 4 is 11.9 Å². The van der Waals surface area contributed by atoms with Crippen LogP contribution in [0.25, 0.3) is 0 Å². The summed E-state index contributed by atoms with van der Waals surface area (Å²) in [6.45, 7) is 4.69. The number of hydrogen-bond donors (Lipinski definition) is 2. The van der Waals surface area contributed by atoms with E-state index in [2.05, 4.69) is 12.2 Å². The molecule has 0 saturated heterocycles. The molecule has 1 amide bonds. The molecule has 1 saturated carbocycles. The minimum Gasteiger partial charge on any atom is -0.481 e. The van der Waals surface area contributed by atoms with Crippen LogP contribution in [0.15, 0.2) is 0 Å². The highest BCUT2D eigenvalue weighted by atomic mass is 16.4. The van der Waals surface area contributed by atoms with Gasteiger partial charge in [0.25, 0.3) is 0 Å². The molecule has 0 bridgehead atoms. The molecule has 1 aliphatic rings. The third-order valence-electron chi connectivity index (χ3n) is 4.79. The van der Waals surface area contributed by atoms with Crippen LogP contribution in [0.1, 0.15) is 71.6 Å².